The number of hydrogen-bond acceptors (Lipinski definition) is 2. The molecule has 0 spiro atoms. The van der Waals surface area contributed by atoms with Gasteiger partial charge < -0.3 is 9.84 Å². The monoisotopic (exact) mass is 198 g/mol. The zero-order valence-corrected chi connectivity index (χ0v) is 7.92. The van der Waals surface area contributed by atoms with Gasteiger partial charge in [-0.15, -0.1) is 0 Å². The molecule has 1 N–H and O–H groups in total. The minimum absolute atomic E-state index is 0.124. The highest BCUT2D eigenvalue weighted by Gasteiger charge is 2.20. The molecule has 13 heavy (non-hydrogen) atoms. The van der Waals surface area contributed by atoms with Crippen molar-refractivity contribution in [3.63, 3.8) is 0 Å². The Morgan fingerprint density at radius 3 is 2.69 bits per heavy atom. The fourth-order valence-corrected chi connectivity index (χ4v) is 1.42. The molecule has 1 saturated carbocycles. The maximum atomic E-state index is 9.45. The third-order valence-electron chi connectivity index (χ3n) is 2.27. The summed E-state index contributed by atoms with van der Waals surface area (Å²) in [5.74, 6) is 0.661. The molecule has 0 saturated heterocycles. The van der Waals surface area contributed by atoms with Crippen LogP contribution in [0, 0.1) is 0 Å². The van der Waals surface area contributed by atoms with E-state index in [0.29, 0.717) is 10.8 Å². The average molecular weight is 199 g/mol. The molecule has 0 aliphatic heterocycles. The van der Waals surface area contributed by atoms with E-state index in [-0.39, 0.29) is 11.9 Å². The number of phenols is 1. The Labute approximate surface area is 82.1 Å². The van der Waals surface area contributed by atoms with Gasteiger partial charge in [0.25, 0.3) is 0 Å². The topological polar surface area (TPSA) is 29.5 Å². The third-order valence-corrected chi connectivity index (χ3v) is 2.50. The van der Waals surface area contributed by atoms with E-state index >= 15 is 0 Å². The van der Waals surface area contributed by atoms with Gasteiger partial charge in [-0.1, -0.05) is 11.6 Å². The second kappa shape index (κ2) is 3.46. The minimum Gasteiger partial charge on any atom is -0.504 e. The summed E-state index contributed by atoms with van der Waals surface area (Å²) in [5.41, 5.74) is 0. The van der Waals surface area contributed by atoms with E-state index < -0.39 is 0 Å². The summed E-state index contributed by atoms with van der Waals surface area (Å²) in [7, 11) is 0. The zero-order chi connectivity index (χ0) is 9.26. The molecule has 3 heteroatoms. The van der Waals surface area contributed by atoms with Crippen LogP contribution in [0.4, 0.5) is 0 Å². The molecule has 2 rings (SSSR count). The lowest BCUT2D eigenvalue weighted by atomic mass is 9.96. The second-order valence-electron chi connectivity index (χ2n) is 3.28. The summed E-state index contributed by atoms with van der Waals surface area (Å²) in [5, 5.41) is 9.98. The molecule has 0 aromatic heterocycles. The first-order valence-corrected chi connectivity index (χ1v) is 4.78. The summed E-state index contributed by atoms with van der Waals surface area (Å²) in [6, 6.07) is 4.92. The van der Waals surface area contributed by atoms with Crippen LogP contribution in [-0.2, 0) is 0 Å². The molecule has 1 aliphatic rings. The zero-order valence-electron chi connectivity index (χ0n) is 7.16. The number of rotatable bonds is 2. The first kappa shape index (κ1) is 8.70. The van der Waals surface area contributed by atoms with E-state index in [1.165, 1.54) is 12.5 Å². The maximum absolute atomic E-state index is 9.45. The van der Waals surface area contributed by atoms with Crippen molar-refractivity contribution in [2.45, 2.75) is 25.4 Å². The smallest absolute Gasteiger partial charge is 0.161 e. The Hall–Kier alpha value is -0.890. The number of phenolic OH excluding ortho intramolecular Hbond substituents is 1. The van der Waals surface area contributed by atoms with E-state index in [4.69, 9.17) is 16.3 Å². The van der Waals surface area contributed by atoms with Gasteiger partial charge in [-0.05, 0) is 31.4 Å². The number of benzene rings is 1. The highest BCUT2D eigenvalue weighted by Crippen LogP contribution is 2.33. The lowest BCUT2D eigenvalue weighted by Gasteiger charge is -2.26. The lowest BCUT2D eigenvalue weighted by molar-refractivity contribution is 0.116. The second-order valence-corrected chi connectivity index (χ2v) is 3.72. The van der Waals surface area contributed by atoms with Gasteiger partial charge in [0.2, 0.25) is 0 Å². The molecule has 0 radical (unpaired) electrons. The van der Waals surface area contributed by atoms with Crippen LogP contribution in [0.15, 0.2) is 18.2 Å². The Morgan fingerprint density at radius 2 is 2.15 bits per heavy atom. The number of aromatic hydroxyl groups is 1. The van der Waals surface area contributed by atoms with Gasteiger partial charge in [0, 0.05) is 11.1 Å². The molecule has 0 unspecified atom stereocenters. The molecule has 0 atom stereocenters. The average Bonchev–Trinajstić information content (AvgIpc) is 1.99. The number of ether oxygens (including phenoxy) is 1. The largest absolute Gasteiger partial charge is 0.504 e. The van der Waals surface area contributed by atoms with Crippen LogP contribution in [0.2, 0.25) is 5.02 Å². The highest BCUT2D eigenvalue weighted by atomic mass is 35.5. The molecule has 2 nitrogen and oxygen atoms in total. The summed E-state index contributed by atoms with van der Waals surface area (Å²) in [6.45, 7) is 0. The predicted molar refractivity (Wildman–Crippen MR) is 51.4 cm³/mol. The Morgan fingerprint density at radius 1 is 1.38 bits per heavy atom. The SMILES string of the molecule is Oc1cc(Cl)ccc1OC1CCC1. The van der Waals surface area contributed by atoms with Crippen molar-refractivity contribution in [1.82, 2.24) is 0 Å². The molecule has 1 fully saturated rings. The van der Waals surface area contributed by atoms with E-state index in [0.717, 1.165) is 12.8 Å². The molecule has 1 aromatic carbocycles. The van der Waals surface area contributed by atoms with Crippen LogP contribution in [-0.4, -0.2) is 11.2 Å². The highest BCUT2D eigenvalue weighted by molar-refractivity contribution is 6.30. The van der Waals surface area contributed by atoms with Gasteiger partial charge in [0.05, 0.1) is 6.10 Å². The van der Waals surface area contributed by atoms with Crippen molar-refractivity contribution < 1.29 is 9.84 Å². The Kier molecular flexibility index (Phi) is 2.32. The van der Waals surface area contributed by atoms with Gasteiger partial charge in [0.1, 0.15) is 0 Å². The Bertz CT molecular complexity index is 308. The van der Waals surface area contributed by atoms with Crippen molar-refractivity contribution in [3.8, 4) is 11.5 Å². The summed E-state index contributed by atoms with van der Waals surface area (Å²) < 4.78 is 5.53. The van der Waals surface area contributed by atoms with Gasteiger partial charge >= 0.3 is 0 Å². The fraction of sp³-hybridized carbons (Fsp3) is 0.400. The Balaban J connectivity index is 2.10. The molecule has 70 valence electrons. The first-order chi connectivity index (χ1) is 6.25. The van der Waals surface area contributed by atoms with E-state index in [1.54, 1.807) is 12.1 Å². The molecular weight excluding hydrogens is 188 g/mol. The van der Waals surface area contributed by atoms with Crippen LogP contribution < -0.4 is 4.74 Å². The maximum Gasteiger partial charge on any atom is 0.161 e. The number of hydrogen-bond donors (Lipinski definition) is 1. The van der Waals surface area contributed by atoms with Crippen LogP contribution in [0.25, 0.3) is 0 Å². The van der Waals surface area contributed by atoms with Crippen molar-refractivity contribution in [1.29, 1.82) is 0 Å². The molecule has 1 aliphatic carbocycles. The van der Waals surface area contributed by atoms with E-state index in [2.05, 4.69) is 0 Å². The van der Waals surface area contributed by atoms with Gasteiger partial charge in [-0.3, -0.25) is 0 Å². The fourth-order valence-electron chi connectivity index (χ4n) is 1.26. The molecule has 1 aromatic rings. The van der Waals surface area contributed by atoms with Crippen LogP contribution in [0.1, 0.15) is 19.3 Å². The molecule has 0 amide bonds. The quantitative estimate of drug-likeness (QED) is 0.792. The van der Waals surface area contributed by atoms with Crippen LogP contribution in [0.5, 0.6) is 11.5 Å². The third kappa shape index (κ3) is 1.89. The van der Waals surface area contributed by atoms with Gasteiger partial charge in [-0.2, -0.15) is 0 Å². The first-order valence-electron chi connectivity index (χ1n) is 4.41. The lowest BCUT2D eigenvalue weighted by Crippen LogP contribution is -2.24. The van der Waals surface area contributed by atoms with Gasteiger partial charge in [0.15, 0.2) is 11.5 Å². The van der Waals surface area contributed by atoms with Crippen LogP contribution in [0.3, 0.4) is 0 Å². The van der Waals surface area contributed by atoms with E-state index in [9.17, 15) is 5.11 Å². The van der Waals surface area contributed by atoms with Crippen LogP contribution >= 0.6 is 11.6 Å². The van der Waals surface area contributed by atoms with E-state index in [1.807, 2.05) is 0 Å². The summed E-state index contributed by atoms with van der Waals surface area (Å²) >= 11 is 5.69. The van der Waals surface area contributed by atoms with Gasteiger partial charge in [-0.25, -0.2) is 0 Å². The number of halogens is 1. The molecular formula is C10H11ClO2. The molecule has 0 heterocycles. The van der Waals surface area contributed by atoms with Crippen molar-refractivity contribution in [3.05, 3.63) is 23.2 Å². The van der Waals surface area contributed by atoms with Crippen molar-refractivity contribution >= 4 is 11.6 Å². The normalized spacial score (nSPS) is 16.7. The minimum atomic E-state index is 0.124. The standard InChI is InChI=1S/C10H11ClO2/c11-7-4-5-10(9(12)6-7)13-8-2-1-3-8/h4-6,8,12H,1-3H2. The summed E-state index contributed by atoms with van der Waals surface area (Å²) in [6.07, 6.45) is 3.68. The van der Waals surface area contributed by atoms with Crippen molar-refractivity contribution in [2.24, 2.45) is 0 Å². The predicted octanol–water partition coefficient (Wildman–Crippen LogP) is 2.98. The van der Waals surface area contributed by atoms with Crippen molar-refractivity contribution in [2.75, 3.05) is 0 Å². The molecule has 0 bridgehead atoms. The summed E-state index contributed by atoms with van der Waals surface area (Å²) in [4.78, 5) is 0.